The predicted molar refractivity (Wildman–Crippen MR) is 307 cm³/mol. The van der Waals surface area contributed by atoms with Gasteiger partial charge in [-0.25, -0.2) is 0 Å². The van der Waals surface area contributed by atoms with Crippen molar-refractivity contribution in [2.45, 2.75) is 95.2 Å². The van der Waals surface area contributed by atoms with Gasteiger partial charge in [0.25, 0.3) is 0 Å². The maximum Gasteiger partial charge on any atom is 0.323 e. The number of ether oxygens (including phenoxy) is 5. The molecule has 1 N–H and O–H groups in total. The number of benzene rings is 3. The Hall–Kier alpha value is -6.93. The average molecular weight is 1050 g/mol. The highest BCUT2D eigenvalue weighted by molar-refractivity contribution is 5.85. The molecule has 7 aromatic rings. The van der Waals surface area contributed by atoms with Gasteiger partial charge in [0.05, 0.1) is 48.9 Å². The zero-order chi connectivity index (χ0) is 53.4. The average Bonchev–Trinajstić information content (AvgIpc) is 3.50. The van der Waals surface area contributed by atoms with Crippen molar-refractivity contribution >= 4 is 32.7 Å². The van der Waals surface area contributed by atoms with Crippen LogP contribution in [0.25, 0.3) is 32.7 Å². The second kappa shape index (κ2) is 22.4. The molecular formula is C65H74N8O5. The first kappa shape index (κ1) is 51.8. The smallest absolute Gasteiger partial charge is 0.323 e. The van der Waals surface area contributed by atoms with Crippen molar-refractivity contribution in [3.63, 3.8) is 0 Å². The second-order valence-electron chi connectivity index (χ2n) is 22.6. The van der Waals surface area contributed by atoms with E-state index in [4.69, 9.17) is 48.6 Å². The summed E-state index contributed by atoms with van der Waals surface area (Å²) in [6.07, 6.45) is 17.7. The summed E-state index contributed by atoms with van der Waals surface area (Å²) in [5, 5.41) is 6.87. The van der Waals surface area contributed by atoms with Crippen molar-refractivity contribution in [1.29, 1.82) is 0 Å². The number of methoxy groups -OCH3 is 2. The molecule has 0 amide bonds. The van der Waals surface area contributed by atoms with Crippen molar-refractivity contribution in [2.75, 3.05) is 46.9 Å². The predicted octanol–water partition coefficient (Wildman–Crippen LogP) is 12.2. The van der Waals surface area contributed by atoms with Crippen molar-refractivity contribution in [3.05, 3.63) is 158 Å². The molecule has 14 rings (SSSR count). The van der Waals surface area contributed by atoms with E-state index in [-0.39, 0.29) is 24.1 Å². The summed E-state index contributed by atoms with van der Waals surface area (Å²) < 4.78 is 34.4. The minimum absolute atomic E-state index is 0.0219. The lowest BCUT2D eigenvalue weighted by Gasteiger charge is -2.51. The van der Waals surface area contributed by atoms with Crippen molar-refractivity contribution in [1.82, 2.24) is 40.0 Å². The fourth-order valence-corrected chi connectivity index (χ4v) is 14.2. The number of piperidine rings is 7. The van der Waals surface area contributed by atoms with Crippen LogP contribution in [0.5, 0.6) is 29.3 Å². The lowest BCUT2D eigenvalue weighted by Crippen LogP contribution is -2.55. The van der Waals surface area contributed by atoms with Gasteiger partial charge in [-0.05, 0) is 174 Å². The molecule has 7 fully saturated rings. The normalized spacial score (nSPS) is 27.1. The fraction of sp³-hybridized carbons (Fsp3) is 0.431. The molecule has 7 aliphatic heterocycles. The van der Waals surface area contributed by atoms with E-state index in [0.29, 0.717) is 47.3 Å². The van der Waals surface area contributed by atoms with Gasteiger partial charge < -0.3 is 29.0 Å². The Balaban J connectivity index is 1.03. The van der Waals surface area contributed by atoms with Gasteiger partial charge in [0.2, 0.25) is 11.8 Å². The van der Waals surface area contributed by atoms with E-state index in [1.807, 2.05) is 48.9 Å². The molecule has 0 saturated carbocycles. The van der Waals surface area contributed by atoms with Gasteiger partial charge in [0.15, 0.2) is 0 Å². The maximum absolute atomic E-state index is 7.61. The van der Waals surface area contributed by atoms with Crippen LogP contribution < -0.4 is 29.0 Å². The molecule has 3 aromatic carbocycles. The van der Waals surface area contributed by atoms with Gasteiger partial charge in [0, 0.05) is 70.6 Å². The van der Waals surface area contributed by atoms with E-state index < -0.39 is 18.3 Å². The lowest BCUT2D eigenvalue weighted by molar-refractivity contribution is -0.0397. The zero-order valence-corrected chi connectivity index (χ0v) is 45.7. The number of allylic oxidation sites excluding steroid dienone is 1. The van der Waals surface area contributed by atoms with Gasteiger partial charge in [0.1, 0.15) is 29.8 Å². The highest BCUT2D eigenvalue weighted by atomic mass is 16.5. The molecule has 7 aliphatic rings. The number of hydrogen-bond acceptors (Lipinski definition) is 13. The molecule has 78 heavy (non-hydrogen) atoms. The first-order valence-electron chi connectivity index (χ1n) is 28.4. The second-order valence-corrected chi connectivity index (χ2v) is 22.6. The molecule has 6 unspecified atom stereocenters. The minimum Gasteiger partial charge on any atom is -0.497 e. The molecule has 13 heteroatoms. The summed E-state index contributed by atoms with van der Waals surface area (Å²) in [6, 6.07) is 26.9. The first-order chi connectivity index (χ1) is 38.2. The van der Waals surface area contributed by atoms with Crippen LogP contribution in [-0.2, 0) is 0 Å². The number of fused-ring (bicyclic) bond motifs is 9. The molecule has 13 nitrogen and oxygen atoms in total. The van der Waals surface area contributed by atoms with E-state index in [0.717, 1.165) is 144 Å². The van der Waals surface area contributed by atoms with Crippen molar-refractivity contribution in [3.8, 4) is 29.3 Å². The minimum atomic E-state index is -0.557. The molecule has 0 spiro atoms. The highest BCUT2D eigenvalue weighted by Gasteiger charge is 2.46. The Morgan fingerprint density at radius 3 is 1.60 bits per heavy atom. The topological polar surface area (TPSA) is 129 Å². The molecule has 4 bridgehead atoms. The Morgan fingerprint density at radius 1 is 0.615 bits per heavy atom. The monoisotopic (exact) mass is 1050 g/mol. The summed E-state index contributed by atoms with van der Waals surface area (Å²) >= 11 is 0. The quantitative estimate of drug-likeness (QED) is 0.0772. The standard InChI is InChI=1S/C65H74N8O5/c1-8-40(9-2)43-18-24-69-57(31-43)62(48-19-25-67-55-16-13-46(74-6)34-52(48)55)78-65-70-60(76-63(58-32-44-22-28-72(58)37-41(44)10-3)49-20-26-66-54-15-12-39(5)30-51(49)54)36-61(71-65)77-64(59-33-45-23-29-73(59)38-42(45)11-4)50-21-27-68-56-17-14-47(75-7)35-53(50)56/h8,10-17,19-21,25-27,30,34-36,40-45,57-59,62-64,69H,1,3-4,9,18,22-24,28-29,31-33,37-38H2,2,5-7H3/t40-,41+,42-,43?,44?,45?,57-,58+,59-,62?,63+,64+/m1/s1. The van der Waals surface area contributed by atoms with E-state index in [9.17, 15) is 0 Å². The van der Waals surface area contributed by atoms with E-state index >= 15 is 0 Å². The summed E-state index contributed by atoms with van der Waals surface area (Å²) in [6.45, 7) is 21.8. The van der Waals surface area contributed by atoms with Gasteiger partial charge >= 0.3 is 6.01 Å². The third kappa shape index (κ3) is 10.1. The van der Waals surface area contributed by atoms with E-state index in [2.05, 4.69) is 115 Å². The zero-order valence-electron chi connectivity index (χ0n) is 45.7. The van der Waals surface area contributed by atoms with E-state index in [1.165, 1.54) is 0 Å². The lowest BCUT2D eigenvalue weighted by atomic mass is 9.73. The number of aryl methyl sites for hydroxylation is 1. The molecular weight excluding hydrogens is 973 g/mol. The SMILES string of the molecule is C=C[C@H](CC)C1CCN[C@@H](C(Oc2nc(O[C@@H](c3ccnc4ccc(OC)cc34)[C@H]3CC4CCN3C[C@H]4C=C)cc(O[C@@H](c3ccnc4ccc(C)cc34)[C@@H]3CC4CCN3C[C@@H]4C=C)n2)c2ccnc3ccc(OC)cc23)C1. The molecule has 11 heterocycles. The first-order valence-corrected chi connectivity index (χ1v) is 28.4. The van der Waals surface area contributed by atoms with E-state index in [1.54, 1.807) is 14.2 Å². The summed E-state index contributed by atoms with van der Waals surface area (Å²) in [5.74, 6) is 4.78. The molecule has 14 atom stereocenters. The number of aromatic nitrogens is 5. The van der Waals surface area contributed by atoms with Gasteiger partial charge in [-0.15, -0.1) is 19.7 Å². The third-order valence-electron chi connectivity index (χ3n) is 18.4. The van der Waals surface area contributed by atoms with Crippen molar-refractivity contribution < 1.29 is 23.7 Å². The molecule has 0 radical (unpaired) electrons. The van der Waals surface area contributed by atoms with Crippen LogP contribution in [0.4, 0.5) is 0 Å². The highest BCUT2D eigenvalue weighted by Crippen LogP contribution is 2.47. The Labute approximate surface area is 459 Å². The van der Waals surface area contributed by atoms with Gasteiger partial charge in [-0.3, -0.25) is 24.8 Å². The molecule has 7 saturated heterocycles. The van der Waals surface area contributed by atoms with Gasteiger partial charge in [-0.1, -0.05) is 36.8 Å². The Morgan fingerprint density at radius 2 is 1.13 bits per heavy atom. The van der Waals surface area contributed by atoms with Crippen LogP contribution in [0.15, 0.2) is 135 Å². The number of rotatable bonds is 19. The summed E-state index contributed by atoms with van der Waals surface area (Å²) in [5.41, 5.74) is 6.81. The summed E-state index contributed by atoms with van der Waals surface area (Å²) in [4.78, 5) is 30.4. The molecule has 0 aliphatic carbocycles. The van der Waals surface area contributed by atoms with Crippen LogP contribution in [0.3, 0.4) is 0 Å². The maximum atomic E-state index is 7.61. The van der Waals surface area contributed by atoms with Crippen LogP contribution in [-0.4, -0.2) is 99.8 Å². The van der Waals surface area contributed by atoms with Gasteiger partial charge in [-0.2, -0.15) is 9.97 Å². The van der Waals surface area contributed by atoms with Crippen LogP contribution in [0.1, 0.15) is 92.4 Å². The van der Waals surface area contributed by atoms with Crippen molar-refractivity contribution in [2.24, 2.45) is 35.5 Å². The van der Waals surface area contributed by atoms with Crippen LogP contribution in [0.2, 0.25) is 0 Å². The number of nitrogens with one attached hydrogen (secondary N) is 1. The molecule has 4 aromatic heterocycles. The largest absolute Gasteiger partial charge is 0.497 e. The number of hydrogen-bond donors (Lipinski definition) is 1. The number of pyridine rings is 3. The Kier molecular flexibility index (Phi) is 14.9. The van der Waals surface area contributed by atoms with Crippen LogP contribution >= 0.6 is 0 Å². The molecule has 404 valence electrons. The number of nitrogens with zero attached hydrogens (tertiary/aromatic N) is 7. The summed E-state index contributed by atoms with van der Waals surface area (Å²) in [7, 11) is 3.40. The third-order valence-corrected chi connectivity index (χ3v) is 18.4. The Bertz CT molecular complexity index is 3330. The fourth-order valence-electron chi connectivity index (χ4n) is 14.2. The van der Waals surface area contributed by atoms with Crippen LogP contribution in [0, 0.1) is 42.4 Å².